The largest absolute Gasteiger partial charge is 0.397 e. The van der Waals surface area contributed by atoms with Crippen LogP contribution in [0.1, 0.15) is 0 Å². The number of rotatable bonds is 3. The number of anilines is 1. The molecule has 0 radical (unpaired) electrons. The molecule has 0 bridgehead atoms. The van der Waals surface area contributed by atoms with Crippen LogP contribution in [-0.2, 0) is 0 Å². The fourth-order valence-corrected chi connectivity index (χ4v) is 3.78. The lowest BCUT2D eigenvalue weighted by Crippen LogP contribution is -1.88. The van der Waals surface area contributed by atoms with Crippen molar-refractivity contribution in [1.82, 2.24) is 34.9 Å². The van der Waals surface area contributed by atoms with E-state index >= 15 is 0 Å². The summed E-state index contributed by atoms with van der Waals surface area (Å²) in [6, 6.07) is 7.86. The van der Waals surface area contributed by atoms with Crippen molar-refractivity contribution in [3.05, 3.63) is 73.8 Å². The van der Waals surface area contributed by atoms with Gasteiger partial charge in [0.25, 0.3) is 0 Å². The summed E-state index contributed by atoms with van der Waals surface area (Å²) in [7, 11) is 0. The van der Waals surface area contributed by atoms with E-state index in [2.05, 4.69) is 36.0 Å². The number of nitrogens with zero attached hydrogens (tertiary/aromatic N) is 5. The topological polar surface area (TPSA) is 122 Å². The predicted octanol–water partition coefficient (Wildman–Crippen LogP) is 4.21. The van der Waals surface area contributed by atoms with Crippen molar-refractivity contribution in [3.8, 4) is 33.6 Å². The molecule has 4 N–H and O–H groups in total. The first-order valence-corrected chi connectivity index (χ1v) is 9.69. The van der Waals surface area contributed by atoms with Gasteiger partial charge in [-0.1, -0.05) is 0 Å². The molecule has 0 saturated carbocycles. The number of nitrogens with one attached hydrogen (secondary N) is 2. The fourth-order valence-electron chi connectivity index (χ4n) is 3.78. The summed E-state index contributed by atoms with van der Waals surface area (Å²) in [6.07, 6.45) is 14.3. The van der Waals surface area contributed by atoms with Gasteiger partial charge in [-0.05, 0) is 29.8 Å². The summed E-state index contributed by atoms with van der Waals surface area (Å²) in [5, 5.41) is 0.956. The molecule has 0 atom stereocenters. The van der Waals surface area contributed by atoms with Crippen molar-refractivity contribution in [2.24, 2.45) is 0 Å². The van der Waals surface area contributed by atoms with E-state index in [0.717, 1.165) is 55.7 Å². The molecule has 148 valence electrons. The molecule has 0 unspecified atom stereocenters. The van der Waals surface area contributed by atoms with Gasteiger partial charge in [-0.3, -0.25) is 15.0 Å². The number of hydrogen-bond donors (Lipinski definition) is 3. The molecule has 8 heteroatoms. The van der Waals surface area contributed by atoms with E-state index in [0.29, 0.717) is 5.69 Å². The zero-order valence-electron chi connectivity index (χ0n) is 16.2. The number of pyridine rings is 4. The Bertz CT molecular complexity index is 1550. The Labute approximate surface area is 176 Å². The third-order valence-corrected chi connectivity index (χ3v) is 5.26. The van der Waals surface area contributed by atoms with Gasteiger partial charge < -0.3 is 15.7 Å². The SMILES string of the molecule is Nc1cncc(-c2cnc3[nH]cc(-c4nc5c(-c6ccncc6)cncc5[nH]4)c3c2)c1. The van der Waals surface area contributed by atoms with E-state index in [1.165, 1.54) is 0 Å². The highest BCUT2D eigenvalue weighted by atomic mass is 14.9. The molecule has 0 aromatic carbocycles. The highest BCUT2D eigenvalue weighted by molar-refractivity contribution is 5.98. The van der Waals surface area contributed by atoms with Gasteiger partial charge in [-0.25, -0.2) is 9.97 Å². The van der Waals surface area contributed by atoms with Gasteiger partial charge in [0, 0.05) is 71.0 Å². The number of nitrogens with two attached hydrogens (primary N) is 1. The molecule has 6 aromatic rings. The van der Waals surface area contributed by atoms with Crippen LogP contribution in [0.25, 0.3) is 55.7 Å². The van der Waals surface area contributed by atoms with Crippen molar-refractivity contribution in [3.63, 3.8) is 0 Å². The van der Waals surface area contributed by atoms with E-state index in [-0.39, 0.29) is 0 Å². The number of H-pyrrole nitrogens is 2. The molecule has 31 heavy (non-hydrogen) atoms. The third kappa shape index (κ3) is 2.89. The van der Waals surface area contributed by atoms with E-state index < -0.39 is 0 Å². The quantitative estimate of drug-likeness (QED) is 0.406. The van der Waals surface area contributed by atoms with Crippen molar-refractivity contribution in [1.29, 1.82) is 0 Å². The van der Waals surface area contributed by atoms with Gasteiger partial charge in [0.1, 0.15) is 11.5 Å². The Kier molecular flexibility index (Phi) is 3.76. The Morgan fingerprint density at radius 3 is 2.48 bits per heavy atom. The standard InChI is InChI=1S/C23H16N8/c24-16-5-14(7-26-9-16)15-6-17-19(11-29-22(17)28-8-15)23-30-20-12-27-10-18(21(20)31-23)13-1-3-25-4-2-13/h1-12H,24H2,(H,28,29)(H,30,31). The van der Waals surface area contributed by atoms with E-state index in [9.17, 15) is 0 Å². The van der Waals surface area contributed by atoms with Gasteiger partial charge in [-0.2, -0.15) is 0 Å². The minimum Gasteiger partial charge on any atom is -0.397 e. The smallest absolute Gasteiger partial charge is 0.140 e. The molecular weight excluding hydrogens is 388 g/mol. The van der Waals surface area contributed by atoms with Crippen LogP contribution in [0.5, 0.6) is 0 Å². The molecule has 0 aliphatic carbocycles. The summed E-state index contributed by atoms with van der Waals surface area (Å²) in [6.45, 7) is 0. The number of aromatic nitrogens is 7. The van der Waals surface area contributed by atoms with Gasteiger partial charge in [-0.15, -0.1) is 0 Å². The molecule has 0 saturated heterocycles. The third-order valence-electron chi connectivity index (χ3n) is 5.26. The minimum atomic E-state index is 0.611. The second-order valence-corrected chi connectivity index (χ2v) is 7.23. The number of nitrogen functional groups attached to an aromatic ring is 1. The summed E-state index contributed by atoms with van der Waals surface area (Å²) in [4.78, 5) is 28.8. The second kappa shape index (κ2) is 6.74. The van der Waals surface area contributed by atoms with Crippen molar-refractivity contribution in [2.45, 2.75) is 0 Å². The Hall–Kier alpha value is -4.59. The summed E-state index contributed by atoms with van der Waals surface area (Å²) in [5.41, 5.74) is 13.8. The van der Waals surface area contributed by atoms with E-state index in [4.69, 9.17) is 10.7 Å². The minimum absolute atomic E-state index is 0.611. The van der Waals surface area contributed by atoms with E-state index in [1.807, 2.05) is 36.8 Å². The van der Waals surface area contributed by atoms with Gasteiger partial charge in [0.2, 0.25) is 0 Å². The first-order valence-electron chi connectivity index (χ1n) is 9.69. The Balaban J connectivity index is 1.51. The maximum atomic E-state index is 5.90. The Morgan fingerprint density at radius 2 is 1.61 bits per heavy atom. The highest BCUT2D eigenvalue weighted by Gasteiger charge is 2.15. The zero-order valence-corrected chi connectivity index (χ0v) is 16.2. The number of aromatic amines is 2. The van der Waals surface area contributed by atoms with Crippen LogP contribution in [0.4, 0.5) is 5.69 Å². The average molecular weight is 404 g/mol. The van der Waals surface area contributed by atoms with Crippen LogP contribution in [-0.4, -0.2) is 34.9 Å². The number of hydrogen-bond acceptors (Lipinski definition) is 6. The van der Waals surface area contributed by atoms with Crippen molar-refractivity contribution in [2.75, 3.05) is 5.73 Å². The number of imidazole rings is 1. The van der Waals surface area contributed by atoms with Crippen molar-refractivity contribution >= 4 is 27.8 Å². The molecule has 6 heterocycles. The van der Waals surface area contributed by atoms with Crippen LogP contribution in [0.2, 0.25) is 0 Å². The molecule has 8 nitrogen and oxygen atoms in total. The lowest BCUT2D eigenvalue weighted by Gasteiger charge is -2.03. The van der Waals surface area contributed by atoms with Crippen LogP contribution in [0, 0.1) is 0 Å². The average Bonchev–Trinajstić information content (AvgIpc) is 3.43. The molecular formula is C23H16N8. The zero-order chi connectivity index (χ0) is 20.8. The lowest BCUT2D eigenvalue weighted by atomic mass is 10.1. The second-order valence-electron chi connectivity index (χ2n) is 7.23. The molecule has 6 aromatic heterocycles. The van der Waals surface area contributed by atoms with E-state index in [1.54, 1.807) is 31.0 Å². The first-order chi connectivity index (χ1) is 15.3. The summed E-state index contributed by atoms with van der Waals surface area (Å²) >= 11 is 0. The summed E-state index contributed by atoms with van der Waals surface area (Å²) < 4.78 is 0. The molecule has 0 aliphatic rings. The molecule has 0 fully saturated rings. The maximum absolute atomic E-state index is 5.90. The Morgan fingerprint density at radius 1 is 0.774 bits per heavy atom. The maximum Gasteiger partial charge on any atom is 0.140 e. The molecule has 6 rings (SSSR count). The predicted molar refractivity (Wildman–Crippen MR) is 120 cm³/mol. The fraction of sp³-hybridized carbons (Fsp3) is 0. The van der Waals surface area contributed by atoms with Crippen LogP contribution in [0.3, 0.4) is 0 Å². The molecule has 0 spiro atoms. The van der Waals surface area contributed by atoms with Crippen LogP contribution in [0.15, 0.2) is 73.8 Å². The van der Waals surface area contributed by atoms with Crippen LogP contribution >= 0.6 is 0 Å². The van der Waals surface area contributed by atoms with Crippen molar-refractivity contribution < 1.29 is 0 Å². The molecule has 0 amide bonds. The normalized spacial score (nSPS) is 11.4. The van der Waals surface area contributed by atoms with Gasteiger partial charge >= 0.3 is 0 Å². The van der Waals surface area contributed by atoms with Gasteiger partial charge in [0.15, 0.2) is 0 Å². The first kappa shape index (κ1) is 17.3. The van der Waals surface area contributed by atoms with Gasteiger partial charge in [0.05, 0.1) is 22.9 Å². The van der Waals surface area contributed by atoms with Crippen LogP contribution < -0.4 is 5.73 Å². The monoisotopic (exact) mass is 404 g/mol. The molecule has 0 aliphatic heterocycles. The lowest BCUT2D eigenvalue weighted by molar-refractivity contribution is 1.30. The number of fused-ring (bicyclic) bond motifs is 2. The summed E-state index contributed by atoms with van der Waals surface area (Å²) in [5.74, 6) is 0.745. The highest BCUT2D eigenvalue weighted by Crippen LogP contribution is 2.33.